The zero-order valence-corrected chi connectivity index (χ0v) is 19.9. The number of likely N-dealkylation sites (tertiary alicyclic amines) is 1. The van der Waals surface area contributed by atoms with E-state index in [0.29, 0.717) is 37.5 Å². The second-order valence-corrected chi connectivity index (χ2v) is 9.52. The highest BCUT2D eigenvalue weighted by atomic mass is 16.5. The van der Waals surface area contributed by atoms with Crippen LogP contribution in [0.1, 0.15) is 46.6 Å². The van der Waals surface area contributed by atoms with E-state index < -0.39 is 5.97 Å². The van der Waals surface area contributed by atoms with E-state index in [1.54, 1.807) is 0 Å². The lowest BCUT2D eigenvalue weighted by atomic mass is 9.88. The summed E-state index contributed by atoms with van der Waals surface area (Å²) in [6, 6.07) is 13.9. The fourth-order valence-electron chi connectivity index (χ4n) is 4.76. The summed E-state index contributed by atoms with van der Waals surface area (Å²) >= 11 is 0. The highest BCUT2D eigenvalue weighted by molar-refractivity contribution is 5.95. The number of rotatable bonds is 8. The van der Waals surface area contributed by atoms with Gasteiger partial charge in [-0.3, -0.25) is 14.5 Å². The van der Waals surface area contributed by atoms with Gasteiger partial charge in [0.15, 0.2) is 11.5 Å². The molecule has 1 aliphatic heterocycles. The number of carboxylic acid groups (broad SMARTS) is 1. The minimum absolute atomic E-state index is 0.0440. The number of aryl methyl sites for hydroxylation is 1. The first-order valence-electron chi connectivity index (χ1n) is 12.0. The van der Waals surface area contributed by atoms with Crippen molar-refractivity contribution in [2.24, 2.45) is 5.92 Å². The van der Waals surface area contributed by atoms with Crippen molar-refractivity contribution < 1.29 is 24.0 Å². The van der Waals surface area contributed by atoms with Crippen LogP contribution in [0.5, 0.6) is 5.75 Å². The van der Waals surface area contributed by atoms with Crippen molar-refractivity contribution in [1.29, 1.82) is 0 Å². The van der Waals surface area contributed by atoms with E-state index in [1.165, 1.54) is 0 Å². The average molecular weight is 476 g/mol. The van der Waals surface area contributed by atoms with Crippen LogP contribution in [0, 0.1) is 5.92 Å². The van der Waals surface area contributed by atoms with Gasteiger partial charge in [0, 0.05) is 42.9 Å². The number of aromatic nitrogens is 1. The zero-order valence-electron chi connectivity index (χ0n) is 19.9. The normalized spacial score (nSPS) is 15.3. The number of ether oxygens (including phenoxy) is 1. The standard InChI is InChI=1S/C27H29N3O5/c1-16(2)34-23-6-4-3-5-19(23)12-28-26(31)24-22-10-8-18-11-17(7-9-21(18)25(22)35-29-24)13-30-14-20(15-30)27(32)33/h3-7,9,11,16,20H,8,10,12-15H2,1-2H3,(H,28,31)(H,32,33). The lowest BCUT2D eigenvalue weighted by Crippen LogP contribution is -2.49. The Morgan fingerprint density at radius 1 is 1.20 bits per heavy atom. The minimum Gasteiger partial charge on any atom is -0.491 e. The molecular weight excluding hydrogens is 446 g/mol. The summed E-state index contributed by atoms with van der Waals surface area (Å²) in [5, 5.41) is 16.1. The van der Waals surface area contributed by atoms with Crippen LogP contribution < -0.4 is 10.1 Å². The van der Waals surface area contributed by atoms with Gasteiger partial charge in [-0.25, -0.2) is 0 Å². The lowest BCUT2D eigenvalue weighted by molar-refractivity contribution is -0.147. The van der Waals surface area contributed by atoms with E-state index in [2.05, 4.69) is 21.4 Å². The Hall–Kier alpha value is -3.65. The van der Waals surface area contributed by atoms with Gasteiger partial charge < -0.3 is 19.7 Å². The average Bonchev–Trinajstić information content (AvgIpc) is 3.24. The fourth-order valence-corrected chi connectivity index (χ4v) is 4.76. The maximum Gasteiger partial charge on any atom is 0.309 e. The molecular formula is C27H29N3O5. The molecule has 3 aromatic rings. The molecule has 0 saturated carbocycles. The van der Waals surface area contributed by atoms with E-state index in [0.717, 1.165) is 46.5 Å². The largest absolute Gasteiger partial charge is 0.491 e. The fraction of sp³-hybridized carbons (Fsp3) is 0.370. The number of nitrogens with one attached hydrogen (secondary N) is 1. The van der Waals surface area contributed by atoms with Gasteiger partial charge in [-0.15, -0.1) is 0 Å². The highest BCUT2D eigenvalue weighted by Gasteiger charge is 2.33. The van der Waals surface area contributed by atoms with Gasteiger partial charge in [0.25, 0.3) is 5.91 Å². The Morgan fingerprint density at radius 2 is 2.00 bits per heavy atom. The SMILES string of the molecule is CC(C)Oc1ccccc1CNC(=O)c1noc2c1CCc1cc(CN3CC(C(=O)O)C3)ccc1-2. The molecule has 0 radical (unpaired) electrons. The van der Waals surface area contributed by atoms with Gasteiger partial charge in [-0.05, 0) is 43.9 Å². The van der Waals surface area contributed by atoms with Gasteiger partial charge in [0.1, 0.15) is 5.75 Å². The van der Waals surface area contributed by atoms with Crippen molar-refractivity contribution >= 4 is 11.9 Å². The third kappa shape index (κ3) is 4.79. The molecule has 2 N–H and O–H groups in total. The monoisotopic (exact) mass is 475 g/mol. The molecule has 1 amide bonds. The number of aliphatic carboxylic acids is 1. The lowest BCUT2D eigenvalue weighted by Gasteiger charge is -2.36. The smallest absolute Gasteiger partial charge is 0.309 e. The topological polar surface area (TPSA) is 105 Å². The summed E-state index contributed by atoms with van der Waals surface area (Å²) in [6.45, 7) is 6.18. The van der Waals surface area contributed by atoms with Crippen LogP contribution in [-0.2, 0) is 30.7 Å². The molecule has 1 aromatic heterocycles. The van der Waals surface area contributed by atoms with Crippen molar-refractivity contribution in [1.82, 2.24) is 15.4 Å². The number of amides is 1. The first-order valence-corrected chi connectivity index (χ1v) is 12.0. The summed E-state index contributed by atoms with van der Waals surface area (Å²) in [4.78, 5) is 26.1. The molecule has 0 spiro atoms. The molecule has 2 aliphatic rings. The number of hydrogen-bond donors (Lipinski definition) is 2. The van der Waals surface area contributed by atoms with Crippen molar-refractivity contribution in [3.8, 4) is 17.1 Å². The first kappa shape index (κ1) is 23.1. The van der Waals surface area contributed by atoms with Crippen molar-refractivity contribution in [2.45, 2.75) is 45.9 Å². The molecule has 8 nitrogen and oxygen atoms in total. The zero-order chi connectivity index (χ0) is 24.5. The molecule has 8 heteroatoms. The van der Waals surface area contributed by atoms with Gasteiger partial charge in [-0.1, -0.05) is 41.6 Å². The number of carboxylic acids is 1. The predicted molar refractivity (Wildman–Crippen MR) is 129 cm³/mol. The molecule has 5 rings (SSSR count). The summed E-state index contributed by atoms with van der Waals surface area (Å²) < 4.78 is 11.5. The van der Waals surface area contributed by atoms with Crippen LogP contribution >= 0.6 is 0 Å². The van der Waals surface area contributed by atoms with Crippen LogP contribution in [0.3, 0.4) is 0 Å². The van der Waals surface area contributed by atoms with E-state index in [4.69, 9.17) is 14.4 Å². The Kier molecular flexibility index (Phi) is 6.30. The molecule has 182 valence electrons. The molecule has 1 saturated heterocycles. The second-order valence-electron chi connectivity index (χ2n) is 9.52. The molecule has 2 aromatic carbocycles. The van der Waals surface area contributed by atoms with Crippen LogP contribution in [0.25, 0.3) is 11.3 Å². The van der Waals surface area contributed by atoms with Gasteiger partial charge in [-0.2, -0.15) is 0 Å². The number of nitrogens with zero attached hydrogens (tertiary/aromatic N) is 2. The maximum absolute atomic E-state index is 13.0. The van der Waals surface area contributed by atoms with Crippen molar-refractivity contribution in [2.75, 3.05) is 13.1 Å². The number of hydrogen-bond acceptors (Lipinski definition) is 6. The molecule has 35 heavy (non-hydrogen) atoms. The number of carbonyl (C=O) groups excluding carboxylic acids is 1. The number of para-hydroxylation sites is 1. The van der Waals surface area contributed by atoms with E-state index in [9.17, 15) is 9.59 Å². The minimum atomic E-state index is -0.725. The quantitative estimate of drug-likeness (QED) is 0.512. The highest BCUT2D eigenvalue weighted by Crippen LogP contribution is 2.36. The summed E-state index contributed by atoms with van der Waals surface area (Å²) in [5.41, 5.74) is 5.34. The number of fused-ring (bicyclic) bond motifs is 3. The van der Waals surface area contributed by atoms with Crippen LogP contribution in [0.15, 0.2) is 47.0 Å². The van der Waals surface area contributed by atoms with E-state index >= 15 is 0 Å². The van der Waals surface area contributed by atoms with Crippen molar-refractivity contribution in [3.05, 3.63) is 70.4 Å². The third-order valence-corrected chi connectivity index (χ3v) is 6.55. The molecule has 2 heterocycles. The summed E-state index contributed by atoms with van der Waals surface area (Å²) in [7, 11) is 0. The van der Waals surface area contributed by atoms with Crippen LogP contribution in [-0.4, -0.2) is 46.2 Å². The molecule has 1 aliphatic carbocycles. The van der Waals surface area contributed by atoms with E-state index in [-0.39, 0.29) is 17.9 Å². The van der Waals surface area contributed by atoms with Crippen LogP contribution in [0.2, 0.25) is 0 Å². The van der Waals surface area contributed by atoms with E-state index in [1.807, 2.05) is 50.2 Å². The first-order chi connectivity index (χ1) is 16.9. The number of carbonyl (C=O) groups is 2. The summed E-state index contributed by atoms with van der Waals surface area (Å²) in [6.07, 6.45) is 1.51. The van der Waals surface area contributed by atoms with Gasteiger partial charge in [0.2, 0.25) is 0 Å². The Labute approximate surface area is 203 Å². The Balaban J connectivity index is 1.26. The Morgan fingerprint density at radius 3 is 2.77 bits per heavy atom. The van der Waals surface area contributed by atoms with Gasteiger partial charge >= 0.3 is 5.97 Å². The predicted octanol–water partition coefficient (Wildman–Crippen LogP) is 3.67. The molecule has 1 fully saturated rings. The summed E-state index contributed by atoms with van der Waals surface area (Å²) in [5.74, 6) is 0.163. The molecule has 0 atom stereocenters. The number of benzene rings is 2. The van der Waals surface area contributed by atoms with Gasteiger partial charge in [0.05, 0.1) is 12.0 Å². The third-order valence-electron chi connectivity index (χ3n) is 6.55. The molecule has 0 bridgehead atoms. The molecule has 0 unspecified atom stereocenters. The Bertz CT molecular complexity index is 1260. The maximum atomic E-state index is 13.0. The van der Waals surface area contributed by atoms with Crippen molar-refractivity contribution in [3.63, 3.8) is 0 Å². The second kappa shape index (κ2) is 9.54. The van der Waals surface area contributed by atoms with Crippen LogP contribution in [0.4, 0.5) is 0 Å².